The van der Waals surface area contributed by atoms with Crippen LogP contribution in [0.25, 0.3) is 0 Å². The second kappa shape index (κ2) is 4.88. The Kier molecular flexibility index (Phi) is 3.77. The van der Waals surface area contributed by atoms with E-state index in [1.54, 1.807) is 12.1 Å². The molecule has 16 heavy (non-hydrogen) atoms. The van der Waals surface area contributed by atoms with Crippen LogP contribution in [0.5, 0.6) is 5.75 Å². The van der Waals surface area contributed by atoms with E-state index in [2.05, 4.69) is 10.1 Å². The lowest BCUT2D eigenvalue weighted by Crippen LogP contribution is -2.12. The maximum Gasteiger partial charge on any atom is 0.411 e. The smallest absolute Gasteiger partial charge is 0.411 e. The maximum absolute atomic E-state index is 11.1. The van der Waals surface area contributed by atoms with Crippen LogP contribution in [0, 0.1) is 6.92 Å². The fourth-order valence-corrected chi connectivity index (χ4v) is 1.47. The number of phenolic OH excluding ortho intramolecular Hbond substituents is 1. The van der Waals surface area contributed by atoms with Gasteiger partial charge < -0.3 is 9.84 Å². The van der Waals surface area contributed by atoms with Crippen molar-refractivity contribution >= 4 is 11.8 Å². The van der Waals surface area contributed by atoms with Gasteiger partial charge in [0.15, 0.2) is 0 Å². The van der Waals surface area contributed by atoms with Crippen molar-refractivity contribution in [2.75, 3.05) is 12.4 Å². The Labute approximate surface area is 95.2 Å². The number of hydrogen-bond acceptors (Lipinski definition) is 3. The molecular weight excluding hydrogens is 206 g/mol. The normalized spacial score (nSPS) is 10.3. The SMILES string of the molecule is COC(=O)Nc1cc(C(C)C)c(O)cc1C. The van der Waals surface area contributed by atoms with Crippen LogP contribution >= 0.6 is 0 Å². The van der Waals surface area contributed by atoms with E-state index in [1.165, 1.54) is 7.11 Å². The average Bonchev–Trinajstić information content (AvgIpc) is 2.21. The van der Waals surface area contributed by atoms with Gasteiger partial charge in [-0.25, -0.2) is 4.79 Å². The lowest BCUT2D eigenvalue weighted by atomic mass is 9.99. The topological polar surface area (TPSA) is 58.6 Å². The number of carbonyl (C=O) groups is 1. The number of amides is 1. The number of anilines is 1. The minimum Gasteiger partial charge on any atom is -0.508 e. The number of ether oxygens (including phenoxy) is 1. The Morgan fingerprint density at radius 3 is 2.56 bits per heavy atom. The quantitative estimate of drug-likeness (QED) is 0.758. The Morgan fingerprint density at radius 2 is 2.06 bits per heavy atom. The number of phenols is 1. The predicted octanol–water partition coefficient (Wildman–Crippen LogP) is 3.00. The minimum absolute atomic E-state index is 0.193. The summed E-state index contributed by atoms with van der Waals surface area (Å²) < 4.78 is 4.53. The van der Waals surface area contributed by atoms with Gasteiger partial charge in [-0.1, -0.05) is 13.8 Å². The van der Waals surface area contributed by atoms with Gasteiger partial charge in [0.05, 0.1) is 7.11 Å². The predicted molar refractivity (Wildman–Crippen MR) is 63.0 cm³/mol. The van der Waals surface area contributed by atoms with Gasteiger partial charge in [-0.3, -0.25) is 5.32 Å². The molecule has 0 aromatic heterocycles. The Bertz CT molecular complexity index is 399. The van der Waals surface area contributed by atoms with Crippen LogP contribution in [0.15, 0.2) is 12.1 Å². The molecule has 4 nitrogen and oxygen atoms in total. The summed E-state index contributed by atoms with van der Waals surface area (Å²) in [5.41, 5.74) is 2.26. The number of carbonyl (C=O) groups excluding carboxylic acids is 1. The zero-order chi connectivity index (χ0) is 12.3. The summed E-state index contributed by atoms with van der Waals surface area (Å²) in [6.07, 6.45) is -0.511. The fourth-order valence-electron chi connectivity index (χ4n) is 1.47. The maximum atomic E-state index is 11.1. The average molecular weight is 223 g/mol. The lowest BCUT2D eigenvalue weighted by Gasteiger charge is -2.13. The molecule has 0 spiro atoms. The Hall–Kier alpha value is -1.71. The standard InChI is InChI=1S/C12H17NO3/c1-7(2)9-6-10(13-12(15)16-4)8(3)5-11(9)14/h5-7,14H,1-4H3,(H,13,15). The fraction of sp³-hybridized carbons (Fsp3) is 0.417. The van der Waals surface area contributed by atoms with E-state index in [1.807, 2.05) is 20.8 Å². The first-order valence-electron chi connectivity index (χ1n) is 5.14. The zero-order valence-corrected chi connectivity index (χ0v) is 10.00. The summed E-state index contributed by atoms with van der Waals surface area (Å²) >= 11 is 0. The molecule has 0 heterocycles. The molecule has 1 aromatic rings. The highest BCUT2D eigenvalue weighted by Gasteiger charge is 2.11. The van der Waals surface area contributed by atoms with Crippen LogP contribution in [0.1, 0.15) is 30.9 Å². The second-order valence-corrected chi connectivity index (χ2v) is 4.00. The van der Waals surface area contributed by atoms with E-state index >= 15 is 0 Å². The molecule has 0 aliphatic heterocycles. The highest BCUT2D eigenvalue weighted by molar-refractivity contribution is 5.86. The molecule has 1 rings (SSSR count). The Morgan fingerprint density at radius 1 is 1.44 bits per heavy atom. The van der Waals surface area contributed by atoms with Crippen LogP contribution in [-0.4, -0.2) is 18.3 Å². The summed E-state index contributed by atoms with van der Waals surface area (Å²) in [4.78, 5) is 11.1. The first-order chi connectivity index (χ1) is 7.45. The number of methoxy groups -OCH3 is 1. The first-order valence-corrected chi connectivity index (χ1v) is 5.14. The van der Waals surface area contributed by atoms with E-state index in [-0.39, 0.29) is 11.7 Å². The van der Waals surface area contributed by atoms with Crippen molar-refractivity contribution in [2.24, 2.45) is 0 Å². The van der Waals surface area contributed by atoms with Crippen molar-refractivity contribution in [3.05, 3.63) is 23.3 Å². The van der Waals surface area contributed by atoms with E-state index in [4.69, 9.17) is 0 Å². The van der Waals surface area contributed by atoms with Crippen molar-refractivity contribution < 1.29 is 14.6 Å². The van der Waals surface area contributed by atoms with E-state index in [0.717, 1.165) is 11.1 Å². The molecule has 0 aliphatic rings. The van der Waals surface area contributed by atoms with Crippen LogP contribution in [0.2, 0.25) is 0 Å². The van der Waals surface area contributed by atoms with Crippen molar-refractivity contribution in [2.45, 2.75) is 26.7 Å². The highest BCUT2D eigenvalue weighted by Crippen LogP contribution is 2.31. The highest BCUT2D eigenvalue weighted by atomic mass is 16.5. The summed E-state index contributed by atoms with van der Waals surface area (Å²) in [5.74, 6) is 0.446. The van der Waals surface area contributed by atoms with Crippen LogP contribution < -0.4 is 5.32 Å². The number of aromatic hydroxyl groups is 1. The molecule has 0 fully saturated rings. The molecule has 88 valence electrons. The van der Waals surface area contributed by atoms with Crippen LogP contribution in [0.4, 0.5) is 10.5 Å². The number of aryl methyl sites for hydroxylation is 1. The molecule has 0 bridgehead atoms. The van der Waals surface area contributed by atoms with Gasteiger partial charge >= 0.3 is 6.09 Å². The summed E-state index contributed by atoms with van der Waals surface area (Å²) in [5, 5.41) is 12.3. The molecular formula is C12H17NO3. The van der Waals surface area contributed by atoms with Gasteiger partial charge in [-0.2, -0.15) is 0 Å². The molecule has 2 N–H and O–H groups in total. The van der Waals surface area contributed by atoms with Crippen molar-refractivity contribution in [1.29, 1.82) is 0 Å². The van der Waals surface area contributed by atoms with Crippen LogP contribution in [-0.2, 0) is 4.74 Å². The largest absolute Gasteiger partial charge is 0.508 e. The van der Waals surface area contributed by atoms with E-state index in [9.17, 15) is 9.90 Å². The Balaban J connectivity index is 3.09. The van der Waals surface area contributed by atoms with Gasteiger partial charge in [0, 0.05) is 5.69 Å². The first kappa shape index (κ1) is 12.4. The molecule has 1 aromatic carbocycles. The molecule has 0 radical (unpaired) electrons. The van der Waals surface area contributed by atoms with E-state index in [0.29, 0.717) is 5.69 Å². The number of hydrogen-bond donors (Lipinski definition) is 2. The van der Waals surface area contributed by atoms with Gasteiger partial charge in [0.2, 0.25) is 0 Å². The number of rotatable bonds is 2. The monoisotopic (exact) mass is 223 g/mol. The molecule has 0 saturated heterocycles. The molecule has 0 atom stereocenters. The van der Waals surface area contributed by atoms with Gasteiger partial charge in [0.25, 0.3) is 0 Å². The van der Waals surface area contributed by atoms with E-state index < -0.39 is 6.09 Å². The van der Waals surface area contributed by atoms with Crippen molar-refractivity contribution in [3.8, 4) is 5.75 Å². The molecule has 0 saturated carbocycles. The second-order valence-electron chi connectivity index (χ2n) is 4.00. The zero-order valence-electron chi connectivity index (χ0n) is 10.00. The van der Waals surface area contributed by atoms with Gasteiger partial charge in [0.1, 0.15) is 5.75 Å². The van der Waals surface area contributed by atoms with Crippen molar-refractivity contribution in [1.82, 2.24) is 0 Å². The minimum atomic E-state index is -0.511. The van der Waals surface area contributed by atoms with Gasteiger partial charge in [-0.05, 0) is 36.1 Å². The number of benzene rings is 1. The third-order valence-electron chi connectivity index (χ3n) is 2.42. The molecule has 1 amide bonds. The molecule has 0 aliphatic carbocycles. The lowest BCUT2D eigenvalue weighted by molar-refractivity contribution is 0.187. The summed E-state index contributed by atoms with van der Waals surface area (Å²) in [6.45, 7) is 5.77. The third-order valence-corrected chi connectivity index (χ3v) is 2.42. The number of nitrogens with one attached hydrogen (secondary N) is 1. The molecule has 0 unspecified atom stereocenters. The van der Waals surface area contributed by atoms with Gasteiger partial charge in [-0.15, -0.1) is 0 Å². The van der Waals surface area contributed by atoms with Crippen LogP contribution in [0.3, 0.4) is 0 Å². The summed E-state index contributed by atoms with van der Waals surface area (Å²) in [7, 11) is 1.31. The molecule has 4 heteroatoms. The summed E-state index contributed by atoms with van der Waals surface area (Å²) in [6, 6.07) is 3.41. The third kappa shape index (κ3) is 2.66. The van der Waals surface area contributed by atoms with Crippen molar-refractivity contribution in [3.63, 3.8) is 0 Å².